The molecule has 0 amide bonds. The van der Waals surface area contributed by atoms with Gasteiger partial charge in [-0.2, -0.15) is 0 Å². The quantitative estimate of drug-likeness (QED) is 0.629. The van der Waals surface area contributed by atoms with Crippen LogP contribution in [0.3, 0.4) is 0 Å². The van der Waals surface area contributed by atoms with Crippen molar-refractivity contribution in [3.63, 3.8) is 0 Å². The van der Waals surface area contributed by atoms with E-state index in [2.05, 4.69) is 0 Å². The average molecular weight is 162 g/mol. The Balaban J connectivity index is 3.72. The van der Waals surface area contributed by atoms with Gasteiger partial charge in [0.15, 0.2) is 0 Å². The number of allylic oxidation sites excluding steroid dienone is 4. The number of rotatable bonds is 4. The van der Waals surface area contributed by atoms with Crippen molar-refractivity contribution in [1.29, 1.82) is 0 Å². The van der Waals surface area contributed by atoms with Crippen LogP contribution in [0.4, 0.5) is 8.78 Å². The lowest BCUT2D eigenvalue weighted by molar-refractivity contribution is 0.284. The summed E-state index contributed by atoms with van der Waals surface area (Å²) in [7, 11) is 0. The zero-order valence-electron chi connectivity index (χ0n) is 6.48. The highest BCUT2D eigenvalue weighted by molar-refractivity contribution is 5.08. The van der Waals surface area contributed by atoms with Gasteiger partial charge >= 0.3 is 0 Å². The Hall–Kier alpha value is -0.700. The van der Waals surface area contributed by atoms with Gasteiger partial charge in [0, 0.05) is 13.0 Å². The highest BCUT2D eigenvalue weighted by Crippen LogP contribution is 2.07. The van der Waals surface area contributed by atoms with Crippen LogP contribution in [0.15, 0.2) is 23.8 Å². The lowest BCUT2D eigenvalue weighted by Gasteiger charge is -1.91. The predicted molar refractivity (Wildman–Crippen MR) is 40.4 cm³/mol. The van der Waals surface area contributed by atoms with Crippen molar-refractivity contribution in [2.45, 2.75) is 19.8 Å². The fraction of sp³-hybridized carbons (Fsp3) is 0.500. The topological polar surface area (TPSA) is 20.2 Å². The van der Waals surface area contributed by atoms with Crippen LogP contribution >= 0.6 is 0 Å². The molecule has 0 radical (unpaired) electrons. The van der Waals surface area contributed by atoms with Crippen molar-refractivity contribution < 1.29 is 13.9 Å². The third kappa shape index (κ3) is 7.19. The second-order valence-corrected chi connectivity index (χ2v) is 2.19. The maximum atomic E-state index is 12.5. The maximum Gasteiger partial charge on any atom is 0.100 e. The molecule has 0 heterocycles. The molecule has 1 N–H and O–H groups in total. The summed E-state index contributed by atoms with van der Waals surface area (Å²) in [4.78, 5) is 0. The van der Waals surface area contributed by atoms with Gasteiger partial charge in [-0.05, 0) is 25.5 Å². The van der Waals surface area contributed by atoms with Crippen molar-refractivity contribution in [3.8, 4) is 0 Å². The SMILES string of the molecule is C/C(F)=C/C=C(\F)CCCO. The van der Waals surface area contributed by atoms with Gasteiger partial charge < -0.3 is 5.11 Å². The molecular weight excluding hydrogens is 150 g/mol. The molecule has 0 aromatic heterocycles. The van der Waals surface area contributed by atoms with Gasteiger partial charge in [-0.25, -0.2) is 8.78 Å². The number of hydrogen-bond acceptors (Lipinski definition) is 1. The van der Waals surface area contributed by atoms with Gasteiger partial charge in [-0.15, -0.1) is 0 Å². The zero-order valence-corrected chi connectivity index (χ0v) is 6.48. The molecule has 0 spiro atoms. The summed E-state index contributed by atoms with van der Waals surface area (Å²) in [6.07, 6.45) is 2.68. The van der Waals surface area contributed by atoms with Crippen molar-refractivity contribution in [3.05, 3.63) is 23.8 Å². The molecular formula is C8H12F2O. The summed E-state index contributed by atoms with van der Waals surface area (Å²) in [5, 5.41) is 8.31. The smallest absolute Gasteiger partial charge is 0.100 e. The van der Waals surface area contributed by atoms with Crippen molar-refractivity contribution in [2.24, 2.45) is 0 Å². The molecule has 0 aromatic carbocycles. The monoisotopic (exact) mass is 162 g/mol. The van der Waals surface area contributed by atoms with Crippen LogP contribution in [0, 0.1) is 0 Å². The second kappa shape index (κ2) is 6.04. The Morgan fingerprint density at radius 3 is 2.45 bits per heavy atom. The minimum Gasteiger partial charge on any atom is -0.396 e. The van der Waals surface area contributed by atoms with Gasteiger partial charge in [0.05, 0.1) is 5.83 Å². The van der Waals surface area contributed by atoms with Crippen molar-refractivity contribution in [1.82, 2.24) is 0 Å². The van der Waals surface area contributed by atoms with Crippen LogP contribution in [-0.4, -0.2) is 11.7 Å². The zero-order chi connectivity index (χ0) is 8.69. The van der Waals surface area contributed by atoms with Crippen LogP contribution in [-0.2, 0) is 0 Å². The first kappa shape index (κ1) is 10.3. The van der Waals surface area contributed by atoms with E-state index < -0.39 is 11.7 Å². The van der Waals surface area contributed by atoms with Gasteiger partial charge in [-0.1, -0.05) is 0 Å². The number of aliphatic hydroxyl groups is 1. The van der Waals surface area contributed by atoms with Gasteiger partial charge in [0.2, 0.25) is 0 Å². The molecule has 0 bridgehead atoms. The van der Waals surface area contributed by atoms with Crippen LogP contribution in [0.2, 0.25) is 0 Å². The molecule has 0 aromatic rings. The third-order valence-corrected chi connectivity index (χ3v) is 1.07. The molecule has 0 aliphatic rings. The molecule has 0 atom stereocenters. The Kier molecular flexibility index (Phi) is 5.65. The van der Waals surface area contributed by atoms with Crippen LogP contribution in [0.5, 0.6) is 0 Å². The highest BCUT2D eigenvalue weighted by atomic mass is 19.1. The van der Waals surface area contributed by atoms with E-state index in [9.17, 15) is 8.78 Å². The van der Waals surface area contributed by atoms with E-state index in [0.717, 1.165) is 12.2 Å². The largest absolute Gasteiger partial charge is 0.396 e. The molecule has 11 heavy (non-hydrogen) atoms. The summed E-state index contributed by atoms with van der Waals surface area (Å²) >= 11 is 0. The molecule has 0 saturated heterocycles. The van der Waals surface area contributed by atoms with E-state index >= 15 is 0 Å². The van der Waals surface area contributed by atoms with Crippen LogP contribution in [0.1, 0.15) is 19.8 Å². The van der Waals surface area contributed by atoms with Gasteiger partial charge in [-0.3, -0.25) is 0 Å². The van der Waals surface area contributed by atoms with Gasteiger partial charge in [0.25, 0.3) is 0 Å². The first-order valence-corrected chi connectivity index (χ1v) is 3.46. The summed E-state index contributed by atoms with van der Waals surface area (Å²) in [5.74, 6) is -0.833. The van der Waals surface area contributed by atoms with E-state index in [-0.39, 0.29) is 13.0 Å². The second-order valence-electron chi connectivity index (χ2n) is 2.19. The highest BCUT2D eigenvalue weighted by Gasteiger charge is 1.91. The molecule has 0 aliphatic carbocycles. The molecule has 64 valence electrons. The first-order valence-electron chi connectivity index (χ1n) is 3.46. The third-order valence-electron chi connectivity index (χ3n) is 1.07. The molecule has 3 heteroatoms. The maximum absolute atomic E-state index is 12.5. The van der Waals surface area contributed by atoms with Gasteiger partial charge in [0.1, 0.15) is 5.83 Å². The summed E-state index contributed by atoms with van der Waals surface area (Å²) in [5.41, 5.74) is 0. The van der Waals surface area contributed by atoms with Crippen LogP contribution in [0.25, 0.3) is 0 Å². The van der Waals surface area contributed by atoms with E-state index in [1.807, 2.05) is 0 Å². The molecule has 0 fully saturated rings. The Bertz CT molecular complexity index is 157. The van der Waals surface area contributed by atoms with Crippen LogP contribution < -0.4 is 0 Å². The van der Waals surface area contributed by atoms with E-state index in [0.29, 0.717) is 6.42 Å². The van der Waals surface area contributed by atoms with E-state index in [1.54, 1.807) is 0 Å². The molecule has 1 nitrogen and oxygen atoms in total. The fourth-order valence-electron chi connectivity index (χ4n) is 0.537. The lowest BCUT2D eigenvalue weighted by atomic mass is 10.3. The first-order chi connectivity index (χ1) is 5.16. The summed E-state index contributed by atoms with van der Waals surface area (Å²) in [6, 6.07) is 0. The molecule has 0 rings (SSSR count). The van der Waals surface area contributed by atoms with E-state index in [4.69, 9.17) is 5.11 Å². The van der Waals surface area contributed by atoms with Crippen molar-refractivity contribution in [2.75, 3.05) is 6.61 Å². The predicted octanol–water partition coefficient (Wildman–Crippen LogP) is 2.49. The number of halogens is 2. The minimum atomic E-state index is -0.427. The Labute approximate surface area is 65.0 Å². The molecule has 0 unspecified atom stereocenters. The fourth-order valence-corrected chi connectivity index (χ4v) is 0.537. The van der Waals surface area contributed by atoms with Crippen molar-refractivity contribution >= 4 is 0 Å². The lowest BCUT2D eigenvalue weighted by Crippen LogP contribution is -1.82. The summed E-state index contributed by atoms with van der Waals surface area (Å²) in [6.45, 7) is 1.20. The minimum absolute atomic E-state index is 0.0421. The standard InChI is InChI=1S/C8H12F2O/c1-7(9)4-5-8(10)3-2-6-11/h4-5,11H,2-3,6H2,1H3/b7-4-,8-5-. The average Bonchev–Trinajstić information content (AvgIpc) is 1.97. The Morgan fingerprint density at radius 2 is 2.00 bits per heavy atom. The molecule has 0 aliphatic heterocycles. The van der Waals surface area contributed by atoms with E-state index in [1.165, 1.54) is 6.92 Å². The number of hydrogen-bond donors (Lipinski definition) is 1. The number of aliphatic hydroxyl groups excluding tert-OH is 1. The normalized spacial score (nSPS) is 13.8. The Morgan fingerprint density at radius 1 is 1.36 bits per heavy atom. The summed E-state index contributed by atoms with van der Waals surface area (Å²) < 4.78 is 24.5. The molecule has 0 saturated carbocycles.